The summed E-state index contributed by atoms with van der Waals surface area (Å²) in [7, 11) is -0.990. The minimum atomic E-state index is -0.990. The molecule has 1 aromatic carbocycles. The van der Waals surface area contributed by atoms with E-state index in [0.717, 1.165) is 16.2 Å². The predicted molar refractivity (Wildman–Crippen MR) is 80.5 cm³/mol. The van der Waals surface area contributed by atoms with E-state index in [9.17, 15) is 9.00 Å². The third-order valence-corrected chi connectivity index (χ3v) is 4.16. The molecule has 1 aromatic heterocycles. The number of carbonyl (C=O) groups is 1. The minimum absolute atomic E-state index is 0.319. The molecule has 1 N–H and O–H groups in total. The van der Waals surface area contributed by atoms with Gasteiger partial charge >= 0.3 is 6.09 Å². The van der Waals surface area contributed by atoms with E-state index in [1.54, 1.807) is 13.2 Å². The number of rotatable bonds is 4. The van der Waals surface area contributed by atoms with Crippen LogP contribution in [0.3, 0.4) is 0 Å². The topological polar surface area (TPSA) is 68.3 Å². The van der Waals surface area contributed by atoms with Crippen LogP contribution < -0.4 is 5.32 Å². The Hall–Kier alpha value is -1.73. The first-order valence-electron chi connectivity index (χ1n) is 5.93. The molecule has 1 unspecified atom stereocenters. The zero-order chi connectivity index (χ0) is 14.5. The number of amides is 1. The number of nitrogens with one attached hydrogen (secondary N) is 1. The summed E-state index contributed by atoms with van der Waals surface area (Å²) in [6.07, 6.45) is 1.13. The van der Waals surface area contributed by atoms with Gasteiger partial charge < -0.3 is 4.74 Å². The molecule has 106 valence electrons. The maximum Gasteiger partial charge on any atom is 0.413 e. The SMILES string of the molecule is CCOC(=O)Nc1nc(-c2ccc(S(C)=O)cc2)cs1. The first-order chi connectivity index (χ1) is 9.60. The molecule has 0 bridgehead atoms. The van der Waals surface area contributed by atoms with Crippen LogP contribution in [0.15, 0.2) is 34.5 Å². The third-order valence-electron chi connectivity index (χ3n) is 2.47. The lowest BCUT2D eigenvalue weighted by atomic mass is 10.2. The van der Waals surface area contributed by atoms with Crippen LogP contribution in [0.4, 0.5) is 9.93 Å². The van der Waals surface area contributed by atoms with E-state index in [0.29, 0.717) is 11.7 Å². The molecule has 0 spiro atoms. The fraction of sp³-hybridized carbons (Fsp3) is 0.231. The molecular weight excluding hydrogens is 296 g/mol. The second-order valence-corrected chi connectivity index (χ2v) is 6.10. The van der Waals surface area contributed by atoms with Crippen LogP contribution in [0, 0.1) is 0 Å². The van der Waals surface area contributed by atoms with Gasteiger partial charge in [0.2, 0.25) is 0 Å². The molecule has 0 aliphatic heterocycles. The molecule has 0 fully saturated rings. The van der Waals surface area contributed by atoms with Crippen LogP contribution in [0.5, 0.6) is 0 Å². The normalized spacial score (nSPS) is 11.9. The molecular formula is C13H14N2O3S2. The van der Waals surface area contributed by atoms with Gasteiger partial charge in [-0.2, -0.15) is 0 Å². The van der Waals surface area contributed by atoms with Crippen molar-refractivity contribution in [2.75, 3.05) is 18.2 Å². The standard InChI is InChI=1S/C13H14N2O3S2/c1-3-18-13(16)15-12-14-11(8-19-12)9-4-6-10(7-5-9)20(2)17/h4-8H,3H2,1-2H3,(H,14,15,16). The van der Waals surface area contributed by atoms with Crippen LogP contribution in [-0.2, 0) is 15.5 Å². The van der Waals surface area contributed by atoms with Gasteiger partial charge in [-0.1, -0.05) is 12.1 Å². The van der Waals surface area contributed by atoms with Crippen LogP contribution in [0.1, 0.15) is 6.92 Å². The van der Waals surface area contributed by atoms with Gasteiger partial charge in [-0.25, -0.2) is 9.78 Å². The fourth-order valence-corrected chi connectivity index (χ4v) is 2.76. The smallest absolute Gasteiger partial charge is 0.413 e. The van der Waals surface area contributed by atoms with Gasteiger partial charge in [0.05, 0.1) is 12.3 Å². The average molecular weight is 310 g/mol. The summed E-state index contributed by atoms with van der Waals surface area (Å²) in [6.45, 7) is 2.06. The largest absolute Gasteiger partial charge is 0.450 e. The number of aromatic nitrogens is 1. The van der Waals surface area contributed by atoms with Crippen LogP contribution in [0.25, 0.3) is 11.3 Å². The van der Waals surface area contributed by atoms with E-state index in [2.05, 4.69) is 10.3 Å². The molecule has 0 aliphatic carbocycles. The first-order valence-corrected chi connectivity index (χ1v) is 8.37. The van der Waals surface area contributed by atoms with Crippen molar-refractivity contribution in [3.8, 4) is 11.3 Å². The monoisotopic (exact) mass is 310 g/mol. The van der Waals surface area contributed by atoms with Crippen molar-refractivity contribution in [3.05, 3.63) is 29.6 Å². The average Bonchev–Trinajstić information content (AvgIpc) is 2.87. The highest BCUT2D eigenvalue weighted by atomic mass is 32.2. The van der Waals surface area contributed by atoms with Crippen LogP contribution >= 0.6 is 11.3 Å². The number of nitrogens with zero attached hydrogens (tertiary/aromatic N) is 1. The van der Waals surface area contributed by atoms with Gasteiger partial charge in [0.25, 0.3) is 0 Å². The molecule has 1 heterocycles. The molecule has 1 atom stereocenters. The molecule has 0 radical (unpaired) electrons. The molecule has 7 heteroatoms. The maximum absolute atomic E-state index is 11.3. The van der Waals surface area contributed by atoms with E-state index in [1.165, 1.54) is 11.3 Å². The molecule has 5 nitrogen and oxygen atoms in total. The predicted octanol–water partition coefficient (Wildman–Crippen LogP) is 3.12. The number of benzene rings is 1. The van der Waals surface area contributed by atoms with Crippen molar-refractivity contribution < 1.29 is 13.7 Å². The minimum Gasteiger partial charge on any atom is -0.450 e. The Bertz CT molecular complexity index is 623. The molecule has 20 heavy (non-hydrogen) atoms. The maximum atomic E-state index is 11.3. The highest BCUT2D eigenvalue weighted by Crippen LogP contribution is 2.25. The molecule has 2 aromatic rings. The summed E-state index contributed by atoms with van der Waals surface area (Å²) >= 11 is 1.33. The molecule has 0 aliphatic rings. The van der Waals surface area contributed by atoms with Gasteiger partial charge in [0, 0.05) is 32.9 Å². The van der Waals surface area contributed by atoms with Crippen molar-refractivity contribution in [1.29, 1.82) is 0 Å². The summed E-state index contributed by atoms with van der Waals surface area (Å²) in [5.41, 5.74) is 1.67. The number of carbonyl (C=O) groups excluding carboxylic acids is 1. The van der Waals surface area contributed by atoms with E-state index in [4.69, 9.17) is 4.74 Å². The Morgan fingerprint density at radius 2 is 2.10 bits per heavy atom. The van der Waals surface area contributed by atoms with Crippen molar-refractivity contribution in [2.24, 2.45) is 0 Å². The Morgan fingerprint density at radius 1 is 1.40 bits per heavy atom. The summed E-state index contributed by atoms with van der Waals surface area (Å²) in [5, 5.41) is 4.89. The van der Waals surface area contributed by atoms with Crippen molar-refractivity contribution >= 4 is 33.4 Å². The van der Waals surface area contributed by atoms with E-state index in [1.807, 2.05) is 29.6 Å². The van der Waals surface area contributed by atoms with E-state index < -0.39 is 16.9 Å². The number of ether oxygens (including phenoxy) is 1. The molecule has 1 amide bonds. The zero-order valence-electron chi connectivity index (χ0n) is 11.1. The quantitative estimate of drug-likeness (QED) is 0.942. The zero-order valence-corrected chi connectivity index (χ0v) is 12.7. The second kappa shape index (κ2) is 6.62. The highest BCUT2D eigenvalue weighted by Gasteiger charge is 2.08. The second-order valence-electron chi connectivity index (χ2n) is 3.86. The number of hydrogen-bond acceptors (Lipinski definition) is 5. The van der Waals surface area contributed by atoms with Gasteiger partial charge in [0.15, 0.2) is 5.13 Å². The van der Waals surface area contributed by atoms with E-state index in [-0.39, 0.29) is 0 Å². The Morgan fingerprint density at radius 3 is 2.70 bits per heavy atom. The van der Waals surface area contributed by atoms with Gasteiger partial charge in [-0.05, 0) is 19.1 Å². The number of thiazole rings is 1. The Labute approximate surface area is 123 Å². The van der Waals surface area contributed by atoms with Gasteiger partial charge in [-0.15, -0.1) is 11.3 Å². The molecule has 2 rings (SSSR count). The first kappa shape index (κ1) is 14.7. The number of anilines is 1. The lowest BCUT2D eigenvalue weighted by Crippen LogP contribution is -2.12. The summed E-state index contributed by atoms with van der Waals surface area (Å²) in [4.78, 5) is 16.4. The summed E-state index contributed by atoms with van der Waals surface area (Å²) in [6, 6.07) is 7.34. The highest BCUT2D eigenvalue weighted by molar-refractivity contribution is 7.84. The summed E-state index contributed by atoms with van der Waals surface area (Å²) in [5.74, 6) is 0. The van der Waals surface area contributed by atoms with Gasteiger partial charge in [-0.3, -0.25) is 9.53 Å². The Balaban J connectivity index is 2.12. The lowest BCUT2D eigenvalue weighted by Gasteiger charge is -2.01. The van der Waals surface area contributed by atoms with Crippen molar-refractivity contribution in [3.63, 3.8) is 0 Å². The Kier molecular flexibility index (Phi) is 4.86. The van der Waals surface area contributed by atoms with Crippen molar-refractivity contribution in [1.82, 2.24) is 4.98 Å². The molecule has 0 saturated carbocycles. The lowest BCUT2D eigenvalue weighted by molar-refractivity contribution is 0.168. The van der Waals surface area contributed by atoms with E-state index >= 15 is 0 Å². The molecule has 0 saturated heterocycles. The van der Waals surface area contributed by atoms with Crippen molar-refractivity contribution in [2.45, 2.75) is 11.8 Å². The number of hydrogen-bond donors (Lipinski definition) is 1. The van der Waals surface area contributed by atoms with Gasteiger partial charge in [0.1, 0.15) is 0 Å². The van der Waals surface area contributed by atoms with Crippen LogP contribution in [-0.4, -0.2) is 28.1 Å². The van der Waals surface area contributed by atoms with Crippen LogP contribution in [0.2, 0.25) is 0 Å². The fourth-order valence-electron chi connectivity index (χ4n) is 1.54. The third kappa shape index (κ3) is 3.64. The summed E-state index contributed by atoms with van der Waals surface area (Å²) < 4.78 is 16.1.